The van der Waals surface area contributed by atoms with Crippen LogP contribution >= 0.6 is 11.3 Å². The van der Waals surface area contributed by atoms with E-state index in [4.69, 9.17) is 4.74 Å². The maximum Gasteiger partial charge on any atom is 0.307 e. The number of esters is 1. The number of thiazole rings is 1. The molecule has 2 rings (SSSR count). The van der Waals surface area contributed by atoms with Crippen molar-refractivity contribution in [3.8, 4) is 0 Å². The maximum absolute atomic E-state index is 14.5. The molecule has 3 amide bonds. The smallest absolute Gasteiger partial charge is 0.307 e. The molecule has 0 fully saturated rings. The van der Waals surface area contributed by atoms with Gasteiger partial charge in [-0.15, -0.1) is 11.3 Å². The van der Waals surface area contributed by atoms with Crippen molar-refractivity contribution < 1.29 is 38.9 Å². The number of allylic oxidation sites excluding steroid dienone is 3. The number of hydrogen-bond donors (Lipinski definition) is 5. The number of carboxylic acid groups (broad SMARTS) is 1. The summed E-state index contributed by atoms with van der Waals surface area (Å²) < 4.78 is 5.63. The van der Waals surface area contributed by atoms with Crippen molar-refractivity contribution >= 4 is 41.0 Å². The van der Waals surface area contributed by atoms with Crippen LogP contribution in [-0.2, 0) is 30.3 Å². The van der Waals surface area contributed by atoms with Gasteiger partial charge < -0.3 is 35.8 Å². The van der Waals surface area contributed by atoms with Gasteiger partial charge in [0.05, 0.1) is 17.0 Å². The first-order chi connectivity index (χ1) is 25.6. The van der Waals surface area contributed by atoms with Gasteiger partial charge in [0.25, 0.3) is 5.91 Å². The lowest BCUT2D eigenvalue weighted by atomic mass is 9.89. The second-order valence-electron chi connectivity index (χ2n) is 14.9. The molecule has 14 heteroatoms. The summed E-state index contributed by atoms with van der Waals surface area (Å²) in [6, 6.07) is -2.07. The summed E-state index contributed by atoms with van der Waals surface area (Å²) in [5, 5.41) is 30.7. The topological polar surface area (TPSA) is 187 Å². The van der Waals surface area contributed by atoms with Crippen molar-refractivity contribution in [2.45, 2.75) is 143 Å². The van der Waals surface area contributed by atoms with Crippen LogP contribution < -0.4 is 16.0 Å². The minimum absolute atomic E-state index is 0.0390. The van der Waals surface area contributed by atoms with Crippen molar-refractivity contribution in [2.75, 3.05) is 13.8 Å². The number of carbonyl (C=O) groups excluding carboxylic acids is 4. The third-order valence-electron chi connectivity index (χ3n) is 10.1. The van der Waals surface area contributed by atoms with Crippen LogP contribution in [-0.4, -0.2) is 87.7 Å². The molecular formula is C40H65N5O8S. The SMILES string of the molecule is CCCC[C@@H](NC)C(=O)N[C@H](C(=O)N(COC(=O)CCC)[C@H](CCc1nc(C(=O)N[C@@H](CC2C=CC(O)=CC2)C[C@H](C)C(=O)O)cs1)C(C)C)C(C)CC. The van der Waals surface area contributed by atoms with Gasteiger partial charge in [-0.2, -0.15) is 0 Å². The highest BCUT2D eigenvalue weighted by atomic mass is 32.1. The molecule has 7 atom stereocenters. The molecule has 13 nitrogen and oxygen atoms in total. The molecule has 304 valence electrons. The fourth-order valence-electron chi connectivity index (χ4n) is 6.52. The van der Waals surface area contributed by atoms with Gasteiger partial charge in [-0.1, -0.05) is 73.8 Å². The first-order valence-corrected chi connectivity index (χ1v) is 20.5. The lowest BCUT2D eigenvalue weighted by Crippen LogP contribution is -2.58. The van der Waals surface area contributed by atoms with Crippen LogP contribution in [0.4, 0.5) is 0 Å². The molecule has 2 unspecified atom stereocenters. The van der Waals surface area contributed by atoms with Crippen LogP contribution in [0.2, 0.25) is 0 Å². The van der Waals surface area contributed by atoms with Crippen LogP contribution in [0.5, 0.6) is 0 Å². The molecule has 0 spiro atoms. The van der Waals surface area contributed by atoms with Gasteiger partial charge in [0.2, 0.25) is 11.8 Å². The van der Waals surface area contributed by atoms with Gasteiger partial charge in [-0.3, -0.25) is 24.0 Å². The number of aromatic nitrogens is 1. The second-order valence-corrected chi connectivity index (χ2v) is 15.8. The normalized spacial score (nSPS) is 17.4. The molecule has 0 radical (unpaired) electrons. The summed E-state index contributed by atoms with van der Waals surface area (Å²) in [6.45, 7) is 13.2. The first kappa shape index (κ1) is 46.4. The lowest BCUT2D eigenvalue weighted by Gasteiger charge is -2.38. The van der Waals surface area contributed by atoms with E-state index in [-0.39, 0.29) is 66.6 Å². The predicted molar refractivity (Wildman–Crippen MR) is 211 cm³/mol. The van der Waals surface area contributed by atoms with Gasteiger partial charge in [-0.25, -0.2) is 4.98 Å². The van der Waals surface area contributed by atoms with E-state index in [1.165, 1.54) is 11.3 Å². The number of aliphatic hydroxyl groups is 1. The van der Waals surface area contributed by atoms with E-state index in [1.54, 1.807) is 36.4 Å². The van der Waals surface area contributed by atoms with Crippen molar-refractivity contribution in [3.05, 3.63) is 40.1 Å². The minimum atomic E-state index is -0.943. The number of likely N-dealkylation sites (N-methyl/N-ethyl adjacent to an activating group) is 1. The Kier molecular flexibility index (Phi) is 20.5. The van der Waals surface area contributed by atoms with E-state index in [9.17, 15) is 34.2 Å². The zero-order chi connectivity index (χ0) is 40.4. The summed E-state index contributed by atoms with van der Waals surface area (Å²) in [4.78, 5) is 71.7. The quantitative estimate of drug-likeness (QED) is 0.0569. The number of aliphatic hydroxyl groups excluding tert-OH is 1. The van der Waals surface area contributed by atoms with Crippen LogP contribution in [0.1, 0.15) is 128 Å². The summed E-state index contributed by atoms with van der Waals surface area (Å²) in [5.41, 5.74) is 0.226. The number of amides is 3. The number of carbonyl (C=O) groups is 5. The van der Waals surface area contributed by atoms with Gasteiger partial charge >= 0.3 is 11.9 Å². The number of carboxylic acids is 1. The van der Waals surface area contributed by atoms with Crippen LogP contribution in [0.25, 0.3) is 0 Å². The fourth-order valence-corrected chi connectivity index (χ4v) is 7.31. The van der Waals surface area contributed by atoms with Gasteiger partial charge in [0.15, 0.2) is 6.73 Å². The fraction of sp³-hybridized carbons (Fsp3) is 0.700. The molecule has 54 heavy (non-hydrogen) atoms. The molecule has 0 aliphatic heterocycles. The Morgan fingerprint density at radius 3 is 2.35 bits per heavy atom. The number of ether oxygens (including phenoxy) is 1. The molecule has 0 bridgehead atoms. The van der Waals surface area contributed by atoms with E-state index < -0.39 is 41.9 Å². The Bertz CT molecular complexity index is 1430. The van der Waals surface area contributed by atoms with E-state index in [0.717, 1.165) is 12.8 Å². The van der Waals surface area contributed by atoms with E-state index in [0.29, 0.717) is 50.0 Å². The molecule has 5 N–H and O–H groups in total. The van der Waals surface area contributed by atoms with Crippen LogP contribution in [0.3, 0.4) is 0 Å². The van der Waals surface area contributed by atoms with Gasteiger partial charge in [-0.05, 0) is 75.5 Å². The Morgan fingerprint density at radius 1 is 1.06 bits per heavy atom. The highest BCUT2D eigenvalue weighted by Crippen LogP contribution is 2.25. The summed E-state index contributed by atoms with van der Waals surface area (Å²) in [6.07, 6.45) is 11.4. The Hall–Kier alpha value is -3.78. The molecule has 0 saturated carbocycles. The predicted octanol–water partition coefficient (Wildman–Crippen LogP) is 6.16. The van der Waals surface area contributed by atoms with Crippen molar-refractivity contribution in [2.24, 2.45) is 23.7 Å². The number of unbranched alkanes of at least 4 members (excludes halogenated alkanes) is 1. The third-order valence-corrected chi connectivity index (χ3v) is 11.1. The summed E-state index contributed by atoms with van der Waals surface area (Å²) in [5.74, 6) is -2.98. The number of nitrogens with zero attached hydrogens (tertiary/aromatic N) is 2. The molecule has 1 aromatic heterocycles. The Morgan fingerprint density at radius 2 is 1.78 bits per heavy atom. The number of aryl methyl sites for hydroxylation is 1. The Labute approximate surface area is 325 Å². The van der Waals surface area contributed by atoms with E-state index >= 15 is 0 Å². The molecule has 1 aliphatic carbocycles. The van der Waals surface area contributed by atoms with Crippen molar-refractivity contribution in [3.63, 3.8) is 0 Å². The van der Waals surface area contributed by atoms with Crippen molar-refractivity contribution in [1.82, 2.24) is 25.8 Å². The average molecular weight is 776 g/mol. The van der Waals surface area contributed by atoms with E-state index in [1.807, 2.05) is 40.7 Å². The van der Waals surface area contributed by atoms with E-state index in [2.05, 4.69) is 27.9 Å². The molecule has 1 aromatic rings. The summed E-state index contributed by atoms with van der Waals surface area (Å²) >= 11 is 1.33. The number of nitrogens with one attached hydrogen (secondary N) is 3. The molecule has 0 aromatic carbocycles. The second kappa shape index (κ2) is 23.9. The zero-order valence-electron chi connectivity index (χ0n) is 33.6. The van der Waals surface area contributed by atoms with Crippen molar-refractivity contribution in [1.29, 1.82) is 0 Å². The first-order valence-electron chi connectivity index (χ1n) is 19.6. The largest absolute Gasteiger partial charge is 0.508 e. The van der Waals surface area contributed by atoms with Crippen LogP contribution in [0, 0.1) is 23.7 Å². The number of rotatable bonds is 25. The molecule has 1 aliphatic rings. The lowest BCUT2D eigenvalue weighted by molar-refractivity contribution is -0.158. The van der Waals surface area contributed by atoms with Gasteiger partial charge in [0, 0.05) is 30.3 Å². The standard InChI is InChI=1S/C40H65N5O8S/c1-9-12-14-31(41-8)37(48)44-36(26(6)11-3)39(50)45(24-53-35(47)13-10-2)33(25(4)5)19-20-34-43-32(23-54-34)38(49)42-29(21-27(7)40(51)52)22-28-15-17-30(46)18-16-28/h15,17-18,23,25-29,31,33,36,41,46H,9-14,16,19-22,24H2,1-8H3,(H,42,49)(H,44,48)(H,51,52)/t26?,27-,28?,29+,31+,33+,36-/m0/s1. The van der Waals surface area contributed by atoms with Gasteiger partial charge in [0.1, 0.15) is 17.5 Å². The Balaban J connectivity index is 2.29. The average Bonchev–Trinajstić information content (AvgIpc) is 3.61. The highest BCUT2D eigenvalue weighted by Gasteiger charge is 2.36. The zero-order valence-corrected chi connectivity index (χ0v) is 34.4. The maximum atomic E-state index is 14.5. The number of aliphatic carboxylic acids is 1. The number of hydrogen-bond acceptors (Lipinski definition) is 10. The summed E-state index contributed by atoms with van der Waals surface area (Å²) in [7, 11) is 1.74. The van der Waals surface area contributed by atoms with Crippen LogP contribution in [0.15, 0.2) is 29.4 Å². The molecular weight excluding hydrogens is 711 g/mol. The highest BCUT2D eigenvalue weighted by molar-refractivity contribution is 7.09. The third kappa shape index (κ3) is 15.2. The molecule has 0 saturated heterocycles. The molecule has 1 heterocycles. The monoisotopic (exact) mass is 775 g/mol. The minimum Gasteiger partial charge on any atom is -0.508 e.